The van der Waals surface area contributed by atoms with E-state index in [2.05, 4.69) is 15.3 Å². The van der Waals surface area contributed by atoms with Crippen LogP contribution in [0, 0.1) is 0 Å². The van der Waals surface area contributed by atoms with Crippen molar-refractivity contribution in [3.8, 4) is 0 Å². The van der Waals surface area contributed by atoms with Crippen molar-refractivity contribution in [1.82, 2.24) is 9.97 Å². The van der Waals surface area contributed by atoms with E-state index in [1.165, 1.54) is 12.1 Å². The fourth-order valence-electron chi connectivity index (χ4n) is 1.76. The molecule has 0 fully saturated rings. The van der Waals surface area contributed by atoms with Gasteiger partial charge in [0.1, 0.15) is 0 Å². The number of H-pyrrole nitrogens is 1. The number of carbonyl (C=O) groups excluding carboxylic acids is 1. The second kappa shape index (κ2) is 4.54. The van der Waals surface area contributed by atoms with Crippen LogP contribution in [-0.2, 0) is 0 Å². The Kier molecular flexibility index (Phi) is 2.72. The topological polar surface area (TPSA) is 108 Å². The molecule has 0 saturated carbocycles. The van der Waals surface area contributed by atoms with Gasteiger partial charge in [0.05, 0.1) is 11.0 Å². The van der Waals surface area contributed by atoms with E-state index in [1.54, 1.807) is 6.07 Å². The number of carboxylic acids is 1. The van der Waals surface area contributed by atoms with Gasteiger partial charge in [0.25, 0.3) is 5.91 Å². The van der Waals surface area contributed by atoms with Gasteiger partial charge < -0.3 is 14.5 Å². The van der Waals surface area contributed by atoms with E-state index >= 15 is 0 Å². The van der Waals surface area contributed by atoms with Crippen molar-refractivity contribution in [1.29, 1.82) is 0 Å². The zero-order valence-corrected chi connectivity index (χ0v) is 10.1. The van der Waals surface area contributed by atoms with Gasteiger partial charge in [-0.05, 0) is 24.3 Å². The minimum atomic E-state index is -1.23. The lowest BCUT2D eigenvalue weighted by Crippen LogP contribution is -2.12. The number of aromatic amines is 1. The van der Waals surface area contributed by atoms with Crippen molar-refractivity contribution >= 4 is 28.9 Å². The number of para-hydroxylation sites is 2. The third-order valence-electron chi connectivity index (χ3n) is 2.66. The van der Waals surface area contributed by atoms with Gasteiger partial charge in [-0.15, -0.1) is 0 Å². The summed E-state index contributed by atoms with van der Waals surface area (Å²) in [4.78, 5) is 29.6. The first-order valence-corrected chi connectivity index (χ1v) is 5.73. The van der Waals surface area contributed by atoms with E-state index in [1.807, 2.05) is 18.2 Å². The Morgan fingerprint density at radius 3 is 2.60 bits per heavy atom. The number of benzene rings is 1. The maximum Gasteiger partial charge on any atom is 0.371 e. The number of nitrogens with zero attached hydrogens (tertiary/aromatic N) is 1. The molecule has 0 saturated heterocycles. The van der Waals surface area contributed by atoms with Gasteiger partial charge in [0.2, 0.25) is 11.7 Å². The van der Waals surface area contributed by atoms with Gasteiger partial charge >= 0.3 is 5.97 Å². The molecule has 0 atom stereocenters. The molecule has 20 heavy (non-hydrogen) atoms. The van der Waals surface area contributed by atoms with Gasteiger partial charge in [-0.3, -0.25) is 10.1 Å². The molecule has 1 aromatic carbocycles. The first-order valence-electron chi connectivity index (χ1n) is 5.73. The van der Waals surface area contributed by atoms with Crippen LogP contribution < -0.4 is 5.32 Å². The summed E-state index contributed by atoms with van der Waals surface area (Å²) in [7, 11) is 0. The molecule has 3 N–H and O–H groups in total. The Morgan fingerprint density at radius 1 is 1.15 bits per heavy atom. The molecule has 0 aliphatic heterocycles. The number of nitrogens with one attached hydrogen (secondary N) is 2. The second-order valence-electron chi connectivity index (χ2n) is 4.03. The monoisotopic (exact) mass is 271 g/mol. The van der Waals surface area contributed by atoms with Crippen LogP contribution in [-0.4, -0.2) is 27.0 Å². The summed E-state index contributed by atoms with van der Waals surface area (Å²) in [6.07, 6.45) is 0. The number of amides is 1. The highest BCUT2D eigenvalue weighted by atomic mass is 16.4. The molecule has 3 aromatic rings. The Bertz CT molecular complexity index is 770. The Hall–Kier alpha value is -3.09. The number of hydrogen-bond acceptors (Lipinski definition) is 4. The van der Waals surface area contributed by atoms with Gasteiger partial charge in [0, 0.05) is 0 Å². The third kappa shape index (κ3) is 2.12. The third-order valence-corrected chi connectivity index (χ3v) is 2.66. The number of aromatic nitrogens is 2. The van der Waals surface area contributed by atoms with E-state index in [-0.39, 0.29) is 17.5 Å². The summed E-state index contributed by atoms with van der Waals surface area (Å²) in [6.45, 7) is 0. The SMILES string of the molecule is O=C(O)c1ccc(C(=O)Nc2nc3ccccc3[nH]2)o1. The minimum Gasteiger partial charge on any atom is -0.475 e. The fraction of sp³-hybridized carbons (Fsp3) is 0. The predicted octanol–water partition coefficient (Wildman–Crippen LogP) is 2.11. The van der Waals surface area contributed by atoms with Crippen LogP contribution in [0.25, 0.3) is 11.0 Å². The number of furan rings is 1. The van der Waals surface area contributed by atoms with E-state index in [0.717, 1.165) is 5.52 Å². The number of fused-ring (bicyclic) bond motifs is 1. The zero-order valence-electron chi connectivity index (χ0n) is 10.1. The number of anilines is 1. The van der Waals surface area contributed by atoms with Gasteiger partial charge in [-0.25, -0.2) is 9.78 Å². The Labute approximate surface area is 112 Å². The number of carbonyl (C=O) groups is 2. The van der Waals surface area contributed by atoms with Crippen molar-refractivity contribution in [2.24, 2.45) is 0 Å². The Morgan fingerprint density at radius 2 is 1.90 bits per heavy atom. The van der Waals surface area contributed by atoms with Crippen LogP contribution in [0.4, 0.5) is 5.95 Å². The molecular weight excluding hydrogens is 262 g/mol. The van der Waals surface area contributed by atoms with Crippen molar-refractivity contribution in [2.45, 2.75) is 0 Å². The summed E-state index contributed by atoms with van der Waals surface area (Å²) in [5.41, 5.74) is 1.50. The maximum atomic E-state index is 11.9. The molecule has 0 unspecified atom stereocenters. The van der Waals surface area contributed by atoms with E-state index in [0.29, 0.717) is 5.52 Å². The summed E-state index contributed by atoms with van der Waals surface area (Å²) in [5, 5.41) is 11.2. The standard InChI is InChI=1S/C13H9N3O4/c17-11(9-5-6-10(20-9)12(18)19)16-13-14-7-3-1-2-4-8(7)15-13/h1-6H,(H,18,19)(H2,14,15,16,17). The van der Waals surface area contributed by atoms with Crippen LogP contribution in [0.2, 0.25) is 0 Å². The molecule has 7 nitrogen and oxygen atoms in total. The average Bonchev–Trinajstić information content (AvgIpc) is 3.04. The first-order chi connectivity index (χ1) is 9.63. The van der Waals surface area contributed by atoms with E-state index in [9.17, 15) is 9.59 Å². The predicted molar refractivity (Wildman–Crippen MR) is 69.7 cm³/mol. The lowest BCUT2D eigenvalue weighted by Gasteiger charge is -1.97. The quantitative estimate of drug-likeness (QED) is 0.676. The number of hydrogen-bond donors (Lipinski definition) is 3. The molecule has 0 bridgehead atoms. The van der Waals surface area contributed by atoms with Crippen LogP contribution >= 0.6 is 0 Å². The van der Waals surface area contributed by atoms with Crippen molar-refractivity contribution in [3.05, 3.63) is 47.9 Å². The molecule has 7 heteroatoms. The van der Waals surface area contributed by atoms with Crippen molar-refractivity contribution in [2.75, 3.05) is 5.32 Å². The second-order valence-corrected chi connectivity index (χ2v) is 4.03. The molecular formula is C13H9N3O4. The van der Waals surface area contributed by atoms with Crippen LogP contribution in [0.3, 0.4) is 0 Å². The largest absolute Gasteiger partial charge is 0.475 e. The van der Waals surface area contributed by atoms with Gasteiger partial charge in [-0.1, -0.05) is 12.1 Å². The molecule has 0 aliphatic rings. The van der Waals surface area contributed by atoms with Gasteiger partial charge in [0.15, 0.2) is 5.76 Å². The Balaban J connectivity index is 1.82. The highest BCUT2D eigenvalue weighted by Crippen LogP contribution is 2.15. The number of imidazole rings is 1. The normalized spacial score (nSPS) is 10.6. The molecule has 100 valence electrons. The molecule has 0 spiro atoms. The van der Waals surface area contributed by atoms with E-state index < -0.39 is 11.9 Å². The lowest BCUT2D eigenvalue weighted by molar-refractivity contribution is 0.0660. The maximum absolute atomic E-state index is 11.9. The van der Waals surface area contributed by atoms with Crippen LogP contribution in [0.1, 0.15) is 21.1 Å². The molecule has 2 aromatic heterocycles. The summed E-state index contributed by atoms with van der Waals surface area (Å²) < 4.78 is 4.90. The number of aromatic carboxylic acids is 1. The molecule has 1 amide bonds. The molecule has 0 aliphatic carbocycles. The lowest BCUT2D eigenvalue weighted by atomic mass is 10.3. The van der Waals surface area contributed by atoms with Gasteiger partial charge in [-0.2, -0.15) is 0 Å². The first kappa shape index (κ1) is 12.0. The molecule has 2 heterocycles. The summed E-state index contributed by atoms with van der Waals surface area (Å²) in [6, 6.07) is 9.82. The summed E-state index contributed by atoms with van der Waals surface area (Å²) in [5.74, 6) is -1.92. The fourth-order valence-corrected chi connectivity index (χ4v) is 1.76. The highest BCUT2D eigenvalue weighted by Gasteiger charge is 2.16. The van der Waals surface area contributed by atoms with E-state index in [4.69, 9.17) is 9.52 Å². The van der Waals surface area contributed by atoms with Crippen molar-refractivity contribution < 1.29 is 19.1 Å². The zero-order chi connectivity index (χ0) is 14.1. The van der Waals surface area contributed by atoms with Crippen LogP contribution in [0.5, 0.6) is 0 Å². The van der Waals surface area contributed by atoms with Crippen LogP contribution in [0.15, 0.2) is 40.8 Å². The molecule has 0 radical (unpaired) electrons. The van der Waals surface area contributed by atoms with Crippen molar-refractivity contribution in [3.63, 3.8) is 0 Å². The molecule has 3 rings (SSSR count). The number of carboxylic acid groups (broad SMARTS) is 1. The average molecular weight is 271 g/mol. The number of rotatable bonds is 3. The summed E-state index contributed by atoms with van der Waals surface area (Å²) >= 11 is 0. The minimum absolute atomic E-state index is 0.0946. The smallest absolute Gasteiger partial charge is 0.371 e. The highest BCUT2D eigenvalue weighted by molar-refractivity contribution is 6.02.